The van der Waals surface area contributed by atoms with Gasteiger partial charge in [-0.25, -0.2) is 9.59 Å². The minimum atomic E-state index is -4.85. The summed E-state index contributed by atoms with van der Waals surface area (Å²) in [4.78, 5) is 22.9. The molecule has 2 N–H and O–H groups in total. The van der Waals surface area contributed by atoms with Gasteiger partial charge in [-0.2, -0.15) is 8.42 Å². The number of urea groups is 1. The monoisotopic (exact) mass is 366 g/mol. The number of nitrogens with one attached hydrogen (secondary N) is 2. The Morgan fingerprint density at radius 1 is 1.04 bits per heavy atom. The molecule has 0 saturated carbocycles. The summed E-state index contributed by atoms with van der Waals surface area (Å²) in [5.74, 6) is -0.470. The molecule has 0 atom stereocenters. The predicted octanol–water partition coefficient (Wildman–Crippen LogP) is 3.17. The zero-order valence-electron chi connectivity index (χ0n) is 13.2. The fourth-order valence-electron chi connectivity index (χ4n) is 1.92. The summed E-state index contributed by atoms with van der Waals surface area (Å²) in [6, 6.07) is 10.1. The fraction of sp³-hybridized carbons (Fsp3) is 0.125. The SMILES string of the molecule is CCOC(=O)c1ccc(NC(=O)Nc2cccc(S(=O)(=O)F)c2)cc1. The highest BCUT2D eigenvalue weighted by atomic mass is 32.3. The number of rotatable bonds is 5. The van der Waals surface area contributed by atoms with E-state index in [1.54, 1.807) is 6.92 Å². The molecular weight excluding hydrogens is 351 g/mol. The average molecular weight is 366 g/mol. The van der Waals surface area contributed by atoms with Crippen molar-refractivity contribution in [2.75, 3.05) is 17.2 Å². The smallest absolute Gasteiger partial charge is 0.338 e. The first-order chi connectivity index (χ1) is 11.8. The number of ether oxygens (including phenoxy) is 1. The van der Waals surface area contributed by atoms with Gasteiger partial charge in [-0.3, -0.25) is 0 Å². The van der Waals surface area contributed by atoms with E-state index in [1.165, 1.54) is 36.4 Å². The van der Waals surface area contributed by atoms with Crippen LogP contribution in [0.25, 0.3) is 0 Å². The Morgan fingerprint density at radius 3 is 2.28 bits per heavy atom. The highest BCUT2D eigenvalue weighted by molar-refractivity contribution is 7.86. The van der Waals surface area contributed by atoms with Crippen molar-refractivity contribution in [2.24, 2.45) is 0 Å². The van der Waals surface area contributed by atoms with Crippen LogP contribution in [0.15, 0.2) is 53.4 Å². The van der Waals surface area contributed by atoms with Gasteiger partial charge < -0.3 is 15.4 Å². The molecule has 0 saturated heterocycles. The predicted molar refractivity (Wildman–Crippen MR) is 89.8 cm³/mol. The molecule has 0 heterocycles. The van der Waals surface area contributed by atoms with Crippen molar-refractivity contribution in [3.63, 3.8) is 0 Å². The molecule has 0 bridgehead atoms. The molecular formula is C16H15FN2O5S. The van der Waals surface area contributed by atoms with E-state index < -0.39 is 27.1 Å². The van der Waals surface area contributed by atoms with Gasteiger partial charge in [0.15, 0.2) is 0 Å². The van der Waals surface area contributed by atoms with Crippen molar-refractivity contribution in [3.8, 4) is 0 Å². The average Bonchev–Trinajstić information content (AvgIpc) is 2.55. The second-order valence-corrected chi connectivity index (χ2v) is 6.19. The quantitative estimate of drug-likeness (QED) is 0.625. The molecule has 0 aromatic heterocycles. The summed E-state index contributed by atoms with van der Waals surface area (Å²) in [6.07, 6.45) is 0. The highest BCUT2D eigenvalue weighted by Gasteiger charge is 2.13. The molecule has 9 heteroatoms. The van der Waals surface area contributed by atoms with E-state index in [0.29, 0.717) is 11.3 Å². The number of halogens is 1. The minimum absolute atomic E-state index is 0.111. The number of carbonyl (C=O) groups excluding carboxylic acids is 2. The van der Waals surface area contributed by atoms with Gasteiger partial charge in [0.2, 0.25) is 0 Å². The normalized spacial score (nSPS) is 10.8. The maximum absolute atomic E-state index is 12.9. The fourth-order valence-corrected chi connectivity index (χ4v) is 2.43. The van der Waals surface area contributed by atoms with Crippen LogP contribution in [0, 0.1) is 0 Å². The van der Waals surface area contributed by atoms with Gasteiger partial charge in [0.25, 0.3) is 0 Å². The summed E-state index contributed by atoms with van der Waals surface area (Å²) in [5.41, 5.74) is 0.854. The summed E-state index contributed by atoms with van der Waals surface area (Å²) in [5, 5.41) is 4.89. The van der Waals surface area contributed by atoms with Crippen molar-refractivity contribution in [1.82, 2.24) is 0 Å². The second kappa shape index (κ2) is 7.75. The van der Waals surface area contributed by atoms with Gasteiger partial charge in [-0.05, 0) is 49.4 Å². The Hall–Kier alpha value is -2.94. The van der Waals surface area contributed by atoms with Crippen LogP contribution in [0.4, 0.5) is 20.1 Å². The maximum Gasteiger partial charge on any atom is 0.338 e. The minimum Gasteiger partial charge on any atom is -0.462 e. The van der Waals surface area contributed by atoms with Gasteiger partial charge >= 0.3 is 22.2 Å². The molecule has 0 aliphatic rings. The molecule has 2 aromatic carbocycles. The largest absolute Gasteiger partial charge is 0.462 e. The molecule has 2 aromatic rings. The molecule has 0 aliphatic heterocycles. The lowest BCUT2D eigenvalue weighted by Crippen LogP contribution is -2.19. The van der Waals surface area contributed by atoms with Gasteiger partial charge in [0, 0.05) is 11.4 Å². The number of anilines is 2. The Bertz CT molecular complexity index is 882. The lowest BCUT2D eigenvalue weighted by Gasteiger charge is -2.09. The zero-order chi connectivity index (χ0) is 18.4. The Balaban J connectivity index is 2.02. The number of hydrogen-bond acceptors (Lipinski definition) is 5. The molecule has 0 fully saturated rings. The maximum atomic E-state index is 12.9. The van der Waals surface area contributed by atoms with Crippen LogP contribution < -0.4 is 10.6 Å². The van der Waals surface area contributed by atoms with Gasteiger partial charge in [0.05, 0.1) is 12.2 Å². The second-order valence-electron chi connectivity index (χ2n) is 4.84. The molecule has 0 unspecified atom stereocenters. The van der Waals surface area contributed by atoms with Crippen LogP contribution in [0.5, 0.6) is 0 Å². The van der Waals surface area contributed by atoms with Crippen LogP contribution in [-0.4, -0.2) is 27.0 Å². The van der Waals surface area contributed by atoms with E-state index in [4.69, 9.17) is 4.74 Å². The van der Waals surface area contributed by atoms with Crippen LogP contribution in [0.1, 0.15) is 17.3 Å². The van der Waals surface area contributed by atoms with Crippen molar-refractivity contribution in [3.05, 3.63) is 54.1 Å². The third-order valence-corrected chi connectivity index (χ3v) is 3.84. The summed E-state index contributed by atoms with van der Waals surface area (Å²) in [7, 11) is -4.85. The van der Waals surface area contributed by atoms with Gasteiger partial charge in [0.1, 0.15) is 4.90 Å². The van der Waals surface area contributed by atoms with Crippen LogP contribution in [0.3, 0.4) is 0 Å². The first kappa shape index (κ1) is 18.4. The molecule has 2 amide bonds. The van der Waals surface area contributed by atoms with Crippen LogP contribution in [-0.2, 0) is 15.0 Å². The van der Waals surface area contributed by atoms with Crippen molar-refractivity contribution >= 4 is 33.6 Å². The molecule has 132 valence electrons. The van der Waals surface area contributed by atoms with Crippen molar-refractivity contribution in [2.45, 2.75) is 11.8 Å². The standard InChI is InChI=1S/C16H15FN2O5S/c1-2-24-15(20)11-6-8-12(9-7-11)18-16(21)19-13-4-3-5-14(10-13)25(17,22)23/h3-10H,2H2,1H3,(H2,18,19,21). The number of hydrogen-bond donors (Lipinski definition) is 2. The molecule has 0 aliphatic carbocycles. The lowest BCUT2D eigenvalue weighted by atomic mass is 10.2. The Labute approximate surface area is 144 Å². The van der Waals surface area contributed by atoms with E-state index in [-0.39, 0.29) is 12.3 Å². The Kier molecular flexibility index (Phi) is 5.71. The molecule has 25 heavy (non-hydrogen) atoms. The third-order valence-electron chi connectivity index (χ3n) is 3.03. The van der Waals surface area contributed by atoms with E-state index in [1.807, 2.05) is 0 Å². The molecule has 0 radical (unpaired) electrons. The number of esters is 1. The molecule has 0 spiro atoms. The molecule has 2 rings (SSSR count). The van der Waals surface area contributed by atoms with Crippen LogP contribution >= 0.6 is 0 Å². The zero-order valence-corrected chi connectivity index (χ0v) is 14.0. The van der Waals surface area contributed by atoms with Gasteiger partial charge in [-0.15, -0.1) is 3.89 Å². The topological polar surface area (TPSA) is 102 Å². The lowest BCUT2D eigenvalue weighted by molar-refractivity contribution is 0.0526. The number of carbonyl (C=O) groups is 2. The molecule has 7 nitrogen and oxygen atoms in total. The van der Waals surface area contributed by atoms with E-state index in [0.717, 1.165) is 12.1 Å². The number of benzene rings is 2. The summed E-state index contributed by atoms with van der Waals surface area (Å²) >= 11 is 0. The summed E-state index contributed by atoms with van der Waals surface area (Å²) in [6.45, 7) is 1.95. The van der Waals surface area contributed by atoms with Gasteiger partial charge in [-0.1, -0.05) is 6.07 Å². The third kappa shape index (κ3) is 5.28. The first-order valence-electron chi connectivity index (χ1n) is 7.19. The van der Waals surface area contributed by atoms with E-state index in [2.05, 4.69) is 10.6 Å². The first-order valence-corrected chi connectivity index (χ1v) is 8.58. The number of amides is 2. The van der Waals surface area contributed by atoms with Crippen LogP contribution in [0.2, 0.25) is 0 Å². The highest BCUT2D eigenvalue weighted by Crippen LogP contribution is 2.18. The van der Waals surface area contributed by atoms with E-state index >= 15 is 0 Å². The van der Waals surface area contributed by atoms with Crippen molar-refractivity contribution in [1.29, 1.82) is 0 Å². The van der Waals surface area contributed by atoms with Crippen molar-refractivity contribution < 1.29 is 26.6 Å². The summed E-state index contributed by atoms with van der Waals surface area (Å²) < 4.78 is 39.5. The van der Waals surface area contributed by atoms with E-state index in [9.17, 15) is 21.9 Å². The Morgan fingerprint density at radius 2 is 1.68 bits per heavy atom.